The van der Waals surface area contributed by atoms with Gasteiger partial charge in [0.25, 0.3) is 0 Å². The van der Waals surface area contributed by atoms with Crippen LogP contribution in [0.4, 0.5) is 11.4 Å². The normalized spacial score (nSPS) is 12.4. The fourth-order valence-electron chi connectivity index (χ4n) is 2.42. The van der Waals surface area contributed by atoms with Crippen LogP contribution in [0.15, 0.2) is 36.4 Å². The molecule has 0 aliphatic carbocycles. The van der Waals surface area contributed by atoms with Crippen molar-refractivity contribution in [3.05, 3.63) is 58.7 Å². The lowest BCUT2D eigenvalue weighted by atomic mass is 9.89. The Morgan fingerprint density at radius 3 is 2.21 bits per heavy atom. The average molecular weight is 254 g/mol. The number of hydrogen-bond acceptors (Lipinski definition) is 2. The van der Waals surface area contributed by atoms with Gasteiger partial charge in [0.15, 0.2) is 0 Å². The van der Waals surface area contributed by atoms with Crippen LogP contribution in [0.3, 0.4) is 0 Å². The Bertz CT molecular complexity index is 571. The lowest BCUT2D eigenvalue weighted by molar-refractivity contribution is 0.914. The zero-order valence-electron chi connectivity index (χ0n) is 11.9. The van der Waals surface area contributed by atoms with Crippen molar-refractivity contribution in [2.24, 2.45) is 0 Å². The van der Waals surface area contributed by atoms with E-state index in [0.29, 0.717) is 5.92 Å². The minimum atomic E-state index is 0.352. The molecular weight excluding hydrogens is 232 g/mol. The predicted molar refractivity (Wildman–Crippen MR) is 83.3 cm³/mol. The van der Waals surface area contributed by atoms with Crippen LogP contribution < -0.4 is 11.5 Å². The van der Waals surface area contributed by atoms with Gasteiger partial charge in [0.2, 0.25) is 0 Å². The van der Waals surface area contributed by atoms with Crippen LogP contribution >= 0.6 is 0 Å². The highest BCUT2D eigenvalue weighted by molar-refractivity contribution is 5.56. The van der Waals surface area contributed by atoms with Gasteiger partial charge in [-0.2, -0.15) is 0 Å². The summed E-state index contributed by atoms with van der Waals surface area (Å²) < 4.78 is 0. The number of nitrogen functional groups attached to an aromatic ring is 2. The molecule has 0 aliphatic heterocycles. The summed E-state index contributed by atoms with van der Waals surface area (Å²) in [5, 5.41) is 0. The van der Waals surface area contributed by atoms with Crippen molar-refractivity contribution in [2.45, 2.75) is 33.1 Å². The summed E-state index contributed by atoms with van der Waals surface area (Å²) in [7, 11) is 0. The third kappa shape index (κ3) is 2.73. The molecule has 2 aromatic rings. The van der Waals surface area contributed by atoms with Crippen molar-refractivity contribution in [3.63, 3.8) is 0 Å². The highest BCUT2D eigenvalue weighted by Gasteiger charge is 2.11. The van der Waals surface area contributed by atoms with Gasteiger partial charge in [-0.15, -0.1) is 0 Å². The molecule has 0 aliphatic rings. The number of aryl methyl sites for hydroxylation is 2. The van der Waals surface area contributed by atoms with Crippen LogP contribution in [-0.4, -0.2) is 0 Å². The second-order valence-electron chi connectivity index (χ2n) is 5.15. The van der Waals surface area contributed by atoms with E-state index in [1.807, 2.05) is 12.1 Å². The van der Waals surface area contributed by atoms with Gasteiger partial charge in [-0.3, -0.25) is 0 Å². The van der Waals surface area contributed by atoms with E-state index in [1.54, 1.807) is 0 Å². The molecule has 0 aromatic heterocycles. The summed E-state index contributed by atoms with van der Waals surface area (Å²) in [5.41, 5.74) is 18.6. The summed E-state index contributed by atoms with van der Waals surface area (Å²) in [6.45, 7) is 6.44. The van der Waals surface area contributed by atoms with Gasteiger partial charge in [0.1, 0.15) is 0 Å². The van der Waals surface area contributed by atoms with Crippen LogP contribution in [0.25, 0.3) is 0 Å². The molecule has 2 aromatic carbocycles. The van der Waals surface area contributed by atoms with Crippen LogP contribution in [-0.2, 0) is 6.42 Å². The third-order valence-corrected chi connectivity index (χ3v) is 3.81. The van der Waals surface area contributed by atoms with E-state index in [9.17, 15) is 0 Å². The molecule has 100 valence electrons. The van der Waals surface area contributed by atoms with Gasteiger partial charge in [-0.25, -0.2) is 0 Å². The summed E-state index contributed by atoms with van der Waals surface area (Å²) in [6, 6.07) is 12.5. The van der Waals surface area contributed by atoms with E-state index < -0.39 is 0 Å². The Kier molecular flexibility index (Phi) is 3.79. The topological polar surface area (TPSA) is 52.0 Å². The maximum atomic E-state index is 6.10. The van der Waals surface area contributed by atoms with Crippen molar-refractivity contribution < 1.29 is 0 Å². The summed E-state index contributed by atoms with van der Waals surface area (Å²) >= 11 is 0. The van der Waals surface area contributed by atoms with Gasteiger partial charge in [-0.05, 0) is 47.7 Å². The monoisotopic (exact) mass is 254 g/mol. The smallest absolute Gasteiger partial charge is 0.0376 e. The van der Waals surface area contributed by atoms with Crippen LogP contribution in [0.1, 0.15) is 42.0 Å². The molecule has 19 heavy (non-hydrogen) atoms. The standard InChI is InChI=1S/C17H22N2/c1-4-13-10-15(9-11(2)17(13)19)12(3)14-5-7-16(18)8-6-14/h5-10,12H,4,18-19H2,1-3H3. The van der Waals surface area contributed by atoms with Crippen molar-refractivity contribution >= 4 is 11.4 Å². The highest BCUT2D eigenvalue weighted by atomic mass is 14.6. The third-order valence-electron chi connectivity index (χ3n) is 3.81. The first-order valence-electron chi connectivity index (χ1n) is 6.77. The van der Waals surface area contributed by atoms with Crippen LogP contribution in [0, 0.1) is 6.92 Å². The fourth-order valence-corrected chi connectivity index (χ4v) is 2.42. The van der Waals surface area contributed by atoms with Crippen molar-refractivity contribution in [3.8, 4) is 0 Å². The Hall–Kier alpha value is -1.96. The second-order valence-corrected chi connectivity index (χ2v) is 5.15. The Morgan fingerprint density at radius 1 is 1.00 bits per heavy atom. The minimum Gasteiger partial charge on any atom is -0.399 e. The van der Waals surface area contributed by atoms with Crippen LogP contribution in [0.5, 0.6) is 0 Å². The average Bonchev–Trinajstić information content (AvgIpc) is 2.41. The number of nitrogens with two attached hydrogens (primary N) is 2. The number of rotatable bonds is 3. The first kappa shape index (κ1) is 13.5. The van der Waals surface area contributed by atoms with E-state index in [-0.39, 0.29) is 0 Å². The maximum absolute atomic E-state index is 6.10. The van der Waals surface area contributed by atoms with E-state index in [0.717, 1.165) is 23.4 Å². The molecule has 0 saturated carbocycles. The second kappa shape index (κ2) is 5.35. The molecule has 0 bridgehead atoms. The molecule has 1 unspecified atom stereocenters. The minimum absolute atomic E-state index is 0.352. The van der Waals surface area contributed by atoms with Gasteiger partial charge in [-0.1, -0.05) is 38.1 Å². The Morgan fingerprint density at radius 2 is 1.63 bits per heavy atom. The maximum Gasteiger partial charge on any atom is 0.0376 e. The molecule has 0 heterocycles. The molecule has 4 N–H and O–H groups in total. The van der Waals surface area contributed by atoms with Crippen LogP contribution in [0.2, 0.25) is 0 Å². The zero-order valence-corrected chi connectivity index (χ0v) is 11.9. The van der Waals surface area contributed by atoms with E-state index in [1.165, 1.54) is 16.7 Å². The quantitative estimate of drug-likeness (QED) is 0.817. The largest absolute Gasteiger partial charge is 0.399 e. The van der Waals surface area contributed by atoms with E-state index >= 15 is 0 Å². The molecule has 0 saturated heterocycles. The number of anilines is 2. The predicted octanol–water partition coefficient (Wildman–Crippen LogP) is 3.87. The SMILES string of the molecule is CCc1cc(C(C)c2ccc(N)cc2)cc(C)c1N. The number of hydrogen-bond donors (Lipinski definition) is 2. The first-order valence-corrected chi connectivity index (χ1v) is 6.77. The van der Waals surface area contributed by atoms with Crippen molar-refractivity contribution in [1.29, 1.82) is 0 Å². The molecule has 2 rings (SSSR count). The number of benzene rings is 2. The van der Waals surface area contributed by atoms with E-state index in [2.05, 4.69) is 45.0 Å². The summed E-state index contributed by atoms with van der Waals surface area (Å²) in [5.74, 6) is 0.352. The van der Waals surface area contributed by atoms with Gasteiger partial charge < -0.3 is 11.5 Å². The molecule has 0 spiro atoms. The molecular formula is C17H22N2. The molecule has 2 heteroatoms. The summed E-state index contributed by atoms with van der Waals surface area (Å²) in [6.07, 6.45) is 0.967. The Labute approximate surface area is 115 Å². The lowest BCUT2D eigenvalue weighted by Gasteiger charge is -2.17. The highest BCUT2D eigenvalue weighted by Crippen LogP contribution is 2.29. The van der Waals surface area contributed by atoms with Crippen molar-refractivity contribution in [1.82, 2.24) is 0 Å². The lowest BCUT2D eigenvalue weighted by Crippen LogP contribution is -2.02. The van der Waals surface area contributed by atoms with Gasteiger partial charge in [0.05, 0.1) is 0 Å². The van der Waals surface area contributed by atoms with E-state index in [4.69, 9.17) is 11.5 Å². The molecule has 1 atom stereocenters. The molecule has 2 nitrogen and oxygen atoms in total. The van der Waals surface area contributed by atoms with Crippen molar-refractivity contribution in [2.75, 3.05) is 11.5 Å². The first-order chi connectivity index (χ1) is 9.02. The fraction of sp³-hybridized carbons (Fsp3) is 0.294. The van der Waals surface area contributed by atoms with Gasteiger partial charge >= 0.3 is 0 Å². The van der Waals surface area contributed by atoms with Gasteiger partial charge in [0, 0.05) is 17.3 Å². The summed E-state index contributed by atoms with van der Waals surface area (Å²) in [4.78, 5) is 0. The zero-order chi connectivity index (χ0) is 14.0. The molecule has 0 fully saturated rings. The molecule has 0 amide bonds. The Balaban J connectivity index is 2.41. The molecule has 0 radical (unpaired) electrons.